The Hall–Kier alpha value is -3.97. The summed E-state index contributed by atoms with van der Waals surface area (Å²) in [5.74, 6) is 7.56. The van der Waals surface area contributed by atoms with Gasteiger partial charge in [-0.2, -0.15) is 4.98 Å². The fraction of sp³-hybridized carbons (Fsp3) is 0.444. The van der Waals surface area contributed by atoms with Crippen molar-refractivity contribution in [3.8, 4) is 11.8 Å². The Labute approximate surface area is 215 Å². The molecular formula is C27H32N6O4. The molecule has 0 amide bonds. The number of aromatic nitrogens is 4. The van der Waals surface area contributed by atoms with Gasteiger partial charge in [0.05, 0.1) is 13.1 Å². The molecule has 10 heteroatoms. The number of hydrogen-bond acceptors (Lipinski definition) is 7. The second-order valence-electron chi connectivity index (χ2n) is 9.55. The number of anilines is 1. The van der Waals surface area contributed by atoms with E-state index in [0.717, 1.165) is 36.8 Å². The van der Waals surface area contributed by atoms with Crippen molar-refractivity contribution in [1.82, 2.24) is 18.7 Å². The number of nitrogens with zero attached hydrogens (tertiary/aromatic N) is 5. The summed E-state index contributed by atoms with van der Waals surface area (Å²) in [5.41, 5.74) is 7.18. The van der Waals surface area contributed by atoms with Crippen LogP contribution in [0.15, 0.2) is 57.4 Å². The first-order chi connectivity index (χ1) is 18.0. The van der Waals surface area contributed by atoms with E-state index in [9.17, 15) is 9.59 Å². The smallest absolute Gasteiger partial charge is 0.332 e. The van der Waals surface area contributed by atoms with Crippen molar-refractivity contribution < 1.29 is 9.47 Å². The number of piperidine rings is 1. The summed E-state index contributed by atoms with van der Waals surface area (Å²) < 4.78 is 15.9. The molecule has 2 aromatic heterocycles. The van der Waals surface area contributed by atoms with E-state index in [4.69, 9.17) is 20.2 Å². The highest BCUT2D eigenvalue weighted by molar-refractivity contribution is 5.75. The average Bonchev–Trinajstić information content (AvgIpc) is 3.29. The summed E-state index contributed by atoms with van der Waals surface area (Å²) in [6, 6.07) is 0.0257. The summed E-state index contributed by atoms with van der Waals surface area (Å²) >= 11 is 0. The first kappa shape index (κ1) is 24.7. The molecule has 3 aliphatic rings. The summed E-state index contributed by atoms with van der Waals surface area (Å²) in [5, 5.41) is 0. The van der Waals surface area contributed by atoms with E-state index in [1.165, 1.54) is 16.4 Å². The molecule has 194 valence electrons. The zero-order valence-electron chi connectivity index (χ0n) is 21.3. The van der Waals surface area contributed by atoms with Crippen molar-refractivity contribution in [2.75, 3.05) is 18.0 Å². The van der Waals surface area contributed by atoms with Crippen molar-refractivity contribution in [3.05, 3.63) is 68.7 Å². The van der Waals surface area contributed by atoms with Gasteiger partial charge >= 0.3 is 5.69 Å². The molecule has 2 aliphatic heterocycles. The molecule has 2 aromatic rings. The SMILES string of the molecule is CC#CCn1c(N2CCCC(N)C2)nc2c1c(=O)n(CC1=COC=C(CC3=CC=CCC3)O1)c(=O)n2C. The van der Waals surface area contributed by atoms with Crippen LogP contribution in [-0.2, 0) is 29.6 Å². The fourth-order valence-electron chi connectivity index (χ4n) is 4.97. The van der Waals surface area contributed by atoms with Gasteiger partial charge in [-0.1, -0.05) is 29.7 Å². The minimum absolute atomic E-state index is 0.0257. The Bertz CT molecular complexity index is 1510. The van der Waals surface area contributed by atoms with Crippen LogP contribution in [-0.4, -0.2) is 37.8 Å². The van der Waals surface area contributed by atoms with Gasteiger partial charge in [0.25, 0.3) is 5.56 Å². The number of imidazole rings is 1. The van der Waals surface area contributed by atoms with Crippen LogP contribution in [0.25, 0.3) is 11.2 Å². The van der Waals surface area contributed by atoms with Crippen LogP contribution in [0.4, 0.5) is 5.95 Å². The quantitative estimate of drug-likeness (QED) is 0.601. The van der Waals surface area contributed by atoms with Gasteiger partial charge in [0.1, 0.15) is 18.3 Å². The highest BCUT2D eigenvalue weighted by Crippen LogP contribution is 2.26. The number of ether oxygens (including phenoxy) is 2. The van der Waals surface area contributed by atoms with E-state index in [0.29, 0.717) is 41.6 Å². The molecule has 0 spiro atoms. The number of hydrogen-bond donors (Lipinski definition) is 1. The first-order valence-corrected chi connectivity index (χ1v) is 12.6. The number of rotatable bonds is 6. The van der Waals surface area contributed by atoms with Gasteiger partial charge in [0.15, 0.2) is 16.9 Å². The molecule has 2 N–H and O–H groups in total. The molecule has 1 aliphatic carbocycles. The van der Waals surface area contributed by atoms with Crippen LogP contribution >= 0.6 is 0 Å². The van der Waals surface area contributed by atoms with Crippen LogP contribution in [0.2, 0.25) is 0 Å². The Morgan fingerprint density at radius 2 is 2.05 bits per heavy atom. The lowest BCUT2D eigenvalue weighted by Gasteiger charge is -2.31. The van der Waals surface area contributed by atoms with Crippen LogP contribution in [0, 0.1) is 11.8 Å². The summed E-state index contributed by atoms with van der Waals surface area (Å²) in [6.45, 7) is 3.37. The van der Waals surface area contributed by atoms with Crippen LogP contribution in [0.3, 0.4) is 0 Å². The van der Waals surface area contributed by atoms with Gasteiger partial charge in [0.2, 0.25) is 5.95 Å². The van der Waals surface area contributed by atoms with Crippen LogP contribution in [0.5, 0.6) is 0 Å². The molecule has 1 unspecified atom stereocenters. The summed E-state index contributed by atoms with van der Waals surface area (Å²) in [6.07, 6.45) is 13.7. The number of nitrogens with two attached hydrogens (primary N) is 1. The Balaban J connectivity index is 1.50. The third kappa shape index (κ3) is 5.00. The predicted octanol–water partition coefficient (Wildman–Crippen LogP) is 2.24. The van der Waals surface area contributed by atoms with E-state index >= 15 is 0 Å². The number of aryl methyl sites for hydroxylation is 1. The van der Waals surface area contributed by atoms with Crippen molar-refractivity contribution >= 4 is 17.1 Å². The largest absolute Gasteiger partial charge is 0.465 e. The molecule has 10 nitrogen and oxygen atoms in total. The van der Waals surface area contributed by atoms with Gasteiger partial charge in [-0.3, -0.25) is 18.5 Å². The molecule has 0 saturated carbocycles. The standard InChI is InChI=1S/C27H32N6O4/c1-3-4-13-32-23-24(29-26(32)31-12-8-11-20(28)15-31)30(2)27(35)33(25(23)34)16-22-18-36-17-21(37-22)14-19-9-6-5-7-10-19/h5-6,9,17-18,20H,7-8,10-16,28H2,1-2H3. The van der Waals surface area contributed by atoms with Gasteiger partial charge in [0, 0.05) is 32.6 Å². The Morgan fingerprint density at radius 1 is 1.22 bits per heavy atom. The van der Waals surface area contributed by atoms with Crippen LogP contribution < -0.4 is 21.9 Å². The molecule has 1 saturated heterocycles. The minimum Gasteiger partial charge on any atom is -0.465 e. The average molecular weight is 505 g/mol. The van der Waals surface area contributed by atoms with Crippen molar-refractivity contribution in [2.45, 2.75) is 58.2 Å². The molecule has 1 atom stereocenters. The molecule has 0 bridgehead atoms. The fourth-order valence-corrected chi connectivity index (χ4v) is 4.97. The highest BCUT2D eigenvalue weighted by Gasteiger charge is 2.26. The van der Waals surface area contributed by atoms with Gasteiger partial charge < -0.3 is 20.1 Å². The van der Waals surface area contributed by atoms with E-state index in [1.54, 1.807) is 24.8 Å². The van der Waals surface area contributed by atoms with Crippen molar-refractivity contribution in [2.24, 2.45) is 12.8 Å². The lowest BCUT2D eigenvalue weighted by atomic mass is 10.0. The van der Waals surface area contributed by atoms with Gasteiger partial charge in [-0.25, -0.2) is 4.79 Å². The molecular weight excluding hydrogens is 472 g/mol. The Kier molecular flexibility index (Phi) is 7.06. The van der Waals surface area contributed by atoms with E-state index in [1.807, 2.05) is 6.08 Å². The zero-order chi connectivity index (χ0) is 25.9. The summed E-state index contributed by atoms with van der Waals surface area (Å²) in [4.78, 5) is 33.9. The lowest BCUT2D eigenvalue weighted by Crippen LogP contribution is -2.44. The molecule has 5 rings (SSSR count). The molecule has 1 fully saturated rings. The lowest BCUT2D eigenvalue weighted by molar-refractivity contribution is 0.201. The predicted molar refractivity (Wildman–Crippen MR) is 142 cm³/mol. The molecule has 4 heterocycles. The molecule has 0 aromatic carbocycles. The van der Waals surface area contributed by atoms with Gasteiger partial charge in [-0.15, -0.1) is 5.92 Å². The first-order valence-electron chi connectivity index (χ1n) is 12.6. The Morgan fingerprint density at radius 3 is 2.81 bits per heavy atom. The highest BCUT2D eigenvalue weighted by atomic mass is 16.5. The van der Waals surface area contributed by atoms with E-state index in [2.05, 4.69) is 28.9 Å². The number of allylic oxidation sites excluding steroid dienone is 5. The van der Waals surface area contributed by atoms with Gasteiger partial charge in [-0.05, 0) is 32.6 Å². The van der Waals surface area contributed by atoms with Crippen molar-refractivity contribution in [3.63, 3.8) is 0 Å². The maximum atomic E-state index is 13.8. The second-order valence-corrected chi connectivity index (χ2v) is 9.55. The molecule has 37 heavy (non-hydrogen) atoms. The summed E-state index contributed by atoms with van der Waals surface area (Å²) in [7, 11) is 1.62. The third-order valence-electron chi connectivity index (χ3n) is 6.84. The molecule has 0 radical (unpaired) electrons. The maximum Gasteiger partial charge on any atom is 0.332 e. The third-order valence-corrected chi connectivity index (χ3v) is 6.84. The topological polar surface area (TPSA) is 110 Å². The van der Waals surface area contributed by atoms with Crippen molar-refractivity contribution in [1.29, 1.82) is 0 Å². The van der Waals surface area contributed by atoms with E-state index < -0.39 is 11.2 Å². The number of fused-ring (bicyclic) bond motifs is 1. The minimum atomic E-state index is -0.480. The van der Waals surface area contributed by atoms with E-state index in [-0.39, 0.29) is 19.1 Å². The second kappa shape index (κ2) is 10.6. The monoisotopic (exact) mass is 504 g/mol. The van der Waals surface area contributed by atoms with Crippen LogP contribution in [0.1, 0.15) is 39.0 Å². The zero-order valence-corrected chi connectivity index (χ0v) is 21.3. The maximum absolute atomic E-state index is 13.8. The normalized spacial score (nSPS) is 19.4.